The van der Waals surface area contributed by atoms with Crippen LogP contribution in [-0.2, 0) is 0 Å². The van der Waals surface area contributed by atoms with Gasteiger partial charge in [-0.2, -0.15) is 5.26 Å². The molecule has 1 heterocycles. The van der Waals surface area contributed by atoms with Gasteiger partial charge in [-0.3, -0.25) is 0 Å². The van der Waals surface area contributed by atoms with Crippen molar-refractivity contribution in [2.45, 2.75) is 0 Å². The van der Waals surface area contributed by atoms with E-state index in [0.29, 0.717) is 11.5 Å². The molecule has 0 fully saturated rings. The van der Waals surface area contributed by atoms with Gasteiger partial charge in [0.1, 0.15) is 11.9 Å². The second kappa shape index (κ2) is 5.42. The molecule has 2 rings (SSSR count). The summed E-state index contributed by atoms with van der Waals surface area (Å²) in [6, 6.07) is 7.88. The molecule has 0 aliphatic heterocycles. The van der Waals surface area contributed by atoms with E-state index in [0.717, 1.165) is 13.7 Å². The minimum Gasteiger partial charge on any atom is -0.338 e. The third-order valence-electron chi connectivity index (χ3n) is 1.96. The maximum Gasteiger partial charge on any atom is 0.158 e. The molecule has 0 unspecified atom stereocenters. The Hall–Kier alpha value is -1.20. The lowest BCUT2D eigenvalue weighted by atomic mass is 10.3. The van der Waals surface area contributed by atoms with Crippen molar-refractivity contribution < 1.29 is 0 Å². The van der Waals surface area contributed by atoms with Gasteiger partial charge < -0.3 is 5.32 Å². The Morgan fingerprint density at radius 1 is 1.29 bits per heavy atom. The van der Waals surface area contributed by atoms with Gasteiger partial charge in [0.2, 0.25) is 0 Å². The average Bonchev–Trinajstić information content (AvgIpc) is 2.35. The van der Waals surface area contributed by atoms with E-state index in [2.05, 4.69) is 53.8 Å². The zero-order valence-corrected chi connectivity index (χ0v) is 12.2. The topological polar surface area (TPSA) is 61.6 Å². The Bertz CT molecular complexity index is 577. The van der Waals surface area contributed by atoms with E-state index in [4.69, 9.17) is 5.26 Å². The van der Waals surface area contributed by atoms with Crippen LogP contribution in [-0.4, -0.2) is 9.97 Å². The van der Waals surface area contributed by atoms with Gasteiger partial charge in [-0.1, -0.05) is 0 Å². The van der Waals surface area contributed by atoms with Gasteiger partial charge in [-0.15, -0.1) is 0 Å². The van der Waals surface area contributed by atoms with Crippen molar-refractivity contribution in [2.24, 2.45) is 0 Å². The number of nitrogens with zero attached hydrogens (tertiary/aromatic N) is 3. The number of nitrogens with one attached hydrogen (secondary N) is 1. The first-order valence-electron chi connectivity index (χ1n) is 4.63. The molecule has 0 spiro atoms. The molecule has 2 aromatic rings. The highest BCUT2D eigenvalue weighted by molar-refractivity contribution is 14.1. The number of rotatable bonds is 2. The van der Waals surface area contributed by atoms with E-state index in [1.165, 1.54) is 12.4 Å². The quantitative estimate of drug-likeness (QED) is 0.784. The molecule has 1 aromatic heterocycles. The molecule has 0 atom stereocenters. The fourth-order valence-corrected chi connectivity index (χ4v) is 2.02. The molecule has 6 heteroatoms. The summed E-state index contributed by atoms with van der Waals surface area (Å²) in [5.74, 6) is 0.603. The molecular formula is C11H6BrIN4. The van der Waals surface area contributed by atoms with Gasteiger partial charge in [-0.25, -0.2) is 9.97 Å². The van der Waals surface area contributed by atoms with Crippen molar-refractivity contribution in [3.63, 3.8) is 0 Å². The third-order valence-corrected chi connectivity index (χ3v) is 3.32. The smallest absolute Gasteiger partial charge is 0.158 e. The number of benzene rings is 1. The van der Waals surface area contributed by atoms with Crippen LogP contribution >= 0.6 is 38.5 Å². The minimum atomic E-state index is 0.303. The second-order valence-electron chi connectivity index (χ2n) is 3.15. The Balaban J connectivity index is 2.25. The first-order chi connectivity index (χ1) is 8.19. The highest BCUT2D eigenvalue weighted by Gasteiger charge is 2.02. The van der Waals surface area contributed by atoms with Crippen LogP contribution in [0.2, 0.25) is 0 Å². The van der Waals surface area contributed by atoms with Gasteiger partial charge in [-0.05, 0) is 56.7 Å². The number of nitriles is 1. The van der Waals surface area contributed by atoms with Crippen LogP contribution < -0.4 is 5.32 Å². The Kier molecular flexibility index (Phi) is 3.91. The molecule has 84 valence electrons. The molecule has 0 amide bonds. The van der Waals surface area contributed by atoms with E-state index in [9.17, 15) is 0 Å². The summed E-state index contributed by atoms with van der Waals surface area (Å²) < 4.78 is 2.07. The molecule has 1 aromatic carbocycles. The first kappa shape index (κ1) is 12.3. The molecule has 0 aliphatic rings. The van der Waals surface area contributed by atoms with Gasteiger partial charge >= 0.3 is 0 Å². The van der Waals surface area contributed by atoms with Crippen LogP contribution in [0.15, 0.2) is 35.1 Å². The zero-order chi connectivity index (χ0) is 12.3. The highest BCUT2D eigenvalue weighted by atomic mass is 127. The standard InChI is InChI=1S/C11H6BrIN4/c12-9-2-1-7(13)3-10(9)17-11-6-15-8(4-14)5-16-11/h1-3,5-6H,(H,16,17). The van der Waals surface area contributed by atoms with E-state index in [-0.39, 0.29) is 0 Å². The Morgan fingerprint density at radius 3 is 2.76 bits per heavy atom. The van der Waals surface area contributed by atoms with Crippen LogP contribution in [0, 0.1) is 14.9 Å². The predicted octanol–water partition coefficient (Wildman–Crippen LogP) is 3.46. The van der Waals surface area contributed by atoms with Crippen LogP contribution in [0.3, 0.4) is 0 Å². The number of halogens is 2. The largest absolute Gasteiger partial charge is 0.338 e. The van der Waals surface area contributed by atoms with E-state index < -0.39 is 0 Å². The highest BCUT2D eigenvalue weighted by Crippen LogP contribution is 2.26. The van der Waals surface area contributed by atoms with Gasteiger partial charge in [0, 0.05) is 8.04 Å². The fourth-order valence-electron chi connectivity index (χ4n) is 1.18. The summed E-state index contributed by atoms with van der Waals surface area (Å²) in [4.78, 5) is 8.04. The maximum atomic E-state index is 8.62. The molecule has 0 bridgehead atoms. The summed E-state index contributed by atoms with van der Waals surface area (Å²) in [5, 5.41) is 11.7. The molecule has 0 saturated heterocycles. The molecule has 1 N–H and O–H groups in total. The zero-order valence-electron chi connectivity index (χ0n) is 8.48. The Labute approximate surface area is 120 Å². The lowest BCUT2D eigenvalue weighted by molar-refractivity contribution is 1.16. The van der Waals surface area contributed by atoms with Crippen molar-refractivity contribution in [1.29, 1.82) is 5.26 Å². The molecule has 4 nitrogen and oxygen atoms in total. The van der Waals surface area contributed by atoms with Crippen molar-refractivity contribution in [3.8, 4) is 6.07 Å². The molecule has 0 radical (unpaired) electrons. The lowest BCUT2D eigenvalue weighted by Crippen LogP contribution is -1.96. The molecule has 0 aliphatic carbocycles. The second-order valence-corrected chi connectivity index (χ2v) is 5.25. The van der Waals surface area contributed by atoms with E-state index in [1.54, 1.807) is 0 Å². The minimum absolute atomic E-state index is 0.303. The van der Waals surface area contributed by atoms with Crippen molar-refractivity contribution >= 4 is 50.0 Å². The summed E-state index contributed by atoms with van der Waals surface area (Å²) in [6.07, 6.45) is 2.97. The number of anilines is 2. The Morgan fingerprint density at radius 2 is 2.12 bits per heavy atom. The third kappa shape index (κ3) is 3.14. The van der Waals surface area contributed by atoms with Gasteiger partial charge in [0.05, 0.1) is 18.1 Å². The van der Waals surface area contributed by atoms with E-state index in [1.807, 2.05) is 24.3 Å². The fraction of sp³-hybridized carbons (Fsp3) is 0. The maximum absolute atomic E-state index is 8.62. The van der Waals surface area contributed by atoms with Crippen LogP contribution in [0.25, 0.3) is 0 Å². The average molecular weight is 401 g/mol. The summed E-state index contributed by atoms with van der Waals surface area (Å²) >= 11 is 5.69. The normalized spacial score (nSPS) is 9.71. The predicted molar refractivity (Wildman–Crippen MR) is 76.9 cm³/mol. The SMILES string of the molecule is N#Cc1cnc(Nc2cc(I)ccc2Br)cn1. The van der Waals surface area contributed by atoms with Gasteiger partial charge in [0.25, 0.3) is 0 Å². The summed E-state index contributed by atoms with van der Waals surface area (Å²) in [7, 11) is 0. The molecular weight excluding hydrogens is 395 g/mol. The summed E-state index contributed by atoms with van der Waals surface area (Å²) in [6.45, 7) is 0. The van der Waals surface area contributed by atoms with Crippen LogP contribution in [0.1, 0.15) is 5.69 Å². The molecule has 17 heavy (non-hydrogen) atoms. The monoisotopic (exact) mass is 400 g/mol. The number of hydrogen-bond donors (Lipinski definition) is 1. The lowest BCUT2D eigenvalue weighted by Gasteiger charge is -2.07. The molecule has 0 saturated carbocycles. The number of hydrogen-bond acceptors (Lipinski definition) is 4. The van der Waals surface area contributed by atoms with Crippen LogP contribution in [0.4, 0.5) is 11.5 Å². The summed E-state index contributed by atoms with van der Waals surface area (Å²) in [5.41, 5.74) is 1.22. The van der Waals surface area contributed by atoms with Crippen LogP contribution in [0.5, 0.6) is 0 Å². The number of aromatic nitrogens is 2. The van der Waals surface area contributed by atoms with E-state index >= 15 is 0 Å². The van der Waals surface area contributed by atoms with Crippen molar-refractivity contribution in [3.05, 3.63) is 44.3 Å². The van der Waals surface area contributed by atoms with Gasteiger partial charge in [0.15, 0.2) is 5.69 Å². The first-order valence-corrected chi connectivity index (χ1v) is 6.50. The van der Waals surface area contributed by atoms with Crippen molar-refractivity contribution in [2.75, 3.05) is 5.32 Å². The van der Waals surface area contributed by atoms with Crippen molar-refractivity contribution in [1.82, 2.24) is 9.97 Å².